The fourth-order valence-corrected chi connectivity index (χ4v) is 2.21. The SMILES string of the molecule is CCCc1nnc(NCCc2nc(C)cs2)o1. The van der Waals surface area contributed by atoms with Crippen LogP contribution in [0.2, 0.25) is 0 Å². The monoisotopic (exact) mass is 252 g/mol. The fourth-order valence-electron chi connectivity index (χ4n) is 1.43. The van der Waals surface area contributed by atoms with E-state index in [9.17, 15) is 0 Å². The molecule has 0 amide bonds. The van der Waals surface area contributed by atoms with Gasteiger partial charge < -0.3 is 9.73 Å². The van der Waals surface area contributed by atoms with Crippen molar-refractivity contribution < 1.29 is 4.42 Å². The lowest BCUT2D eigenvalue weighted by molar-refractivity contribution is 0.501. The lowest BCUT2D eigenvalue weighted by Crippen LogP contribution is -2.04. The molecule has 0 aliphatic carbocycles. The quantitative estimate of drug-likeness (QED) is 0.855. The highest BCUT2D eigenvalue weighted by Crippen LogP contribution is 2.10. The van der Waals surface area contributed by atoms with E-state index in [1.807, 2.05) is 6.92 Å². The number of nitrogens with zero attached hydrogens (tertiary/aromatic N) is 3. The molecule has 2 rings (SSSR count). The van der Waals surface area contributed by atoms with Crippen molar-refractivity contribution in [2.45, 2.75) is 33.1 Å². The van der Waals surface area contributed by atoms with Gasteiger partial charge in [0.05, 0.1) is 5.01 Å². The second-order valence-electron chi connectivity index (χ2n) is 3.81. The van der Waals surface area contributed by atoms with E-state index >= 15 is 0 Å². The third-order valence-corrected chi connectivity index (χ3v) is 3.24. The molecule has 0 aromatic carbocycles. The van der Waals surface area contributed by atoms with Gasteiger partial charge >= 0.3 is 6.01 Å². The summed E-state index contributed by atoms with van der Waals surface area (Å²) < 4.78 is 5.42. The average molecular weight is 252 g/mol. The van der Waals surface area contributed by atoms with E-state index in [1.165, 1.54) is 0 Å². The van der Waals surface area contributed by atoms with E-state index in [2.05, 4.69) is 32.8 Å². The summed E-state index contributed by atoms with van der Waals surface area (Å²) in [5.74, 6) is 0.695. The van der Waals surface area contributed by atoms with Crippen molar-refractivity contribution in [1.82, 2.24) is 15.2 Å². The molecule has 0 fully saturated rings. The van der Waals surface area contributed by atoms with Crippen molar-refractivity contribution in [3.05, 3.63) is 22.0 Å². The van der Waals surface area contributed by atoms with E-state index < -0.39 is 0 Å². The molecule has 0 radical (unpaired) electrons. The summed E-state index contributed by atoms with van der Waals surface area (Å²) in [6, 6.07) is 0.502. The van der Waals surface area contributed by atoms with Gasteiger partial charge in [-0.1, -0.05) is 12.0 Å². The van der Waals surface area contributed by atoms with E-state index in [4.69, 9.17) is 4.42 Å². The van der Waals surface area contributed by atoms with Crippen LogP contribution in [0.25, 0.3) is 0 Å². The second-order valence-corrected chi connectivity index (χ2v) is 4.75. The molecular weight excluding hydrogens is 236 g/mol. The number of aryl methyl sites for hydroxylation is 2. The highest BCUT2D eigenvalue weighted by atomic mass is 32.1. The number of hydrogen-bond acceptors (Lipinski definition) is 6. The first kappa shape index (κ1) is 12.0. The van der Waals surface area contributed by atoms with Gasteiger partial charge in [-0.15, -0.1) is 16.4 Å². The van der Waals surface area contributed by atoms with Gasteiger partial charge in [0.25, 0.3) is 0 Å². The molecule has 1 N–H and O–H groups in total. The topological polar surface area (TPSA) is 63.8 Å². The lowest BCUT2D eigenvalue weighted by atomic mass is 10.3. The van der Waals surface area contributed by atoms with Gasteiger partial charge in [0.2, 0.25) is 5.89 Å². The van der Waals surface area contributed by atoms with Gasteiger partial charge in [0.1, 0.15) is 0 Å². The van der Waals surface area contributed by atoms with Gasteiger partial charge in [-0.25, -0.2) is 4.98 Å². The highest BCUT2D eigenvalue weighted by molar-refractivity contribution is 7.09. The minimum Gasteiger partial charge on any atom is -0.408 e. The first-order chi connectivity index (χ1) is 8.28. The number of nitrogens with one attached hydrogen (secondary N) is 1. The Labute approximate surface area is 104 Å². The summed E-state index contributed by atoms with van der Waals surface area (Å²) in [5.41, 5.74) is 1.08. The molecule has 0 aliphatic heterocycles. The molecule has 5 nitrogen and oxygen atoms in total. The van der Waals surface area contributed by atoms with Gasteiger partial charge in [-0.2, -0.15) is 0 Å². The van der Waals surface area contributed by atoms with Crippen LogP contribution in [0.3, 0.4) is 0 Å². The van der Waals surface area contributed by atoms with Crippen LogP contribution in [-0.2, 0) is 12.8 Å². The third-order valence-electron chi connectivity index (χ3n) is 2.21. The minimum absolute atomic E-state index is 0.502. The van der Waals surface area contributed by atoms with Gasteiger partial charge in [0.15, 0.2) is 0 Å². The maximum Gasteiger partial charge on any atom is 0.315 e. The minimum atomic E-state index is 0.502. The zero-order chi connectivity index (χ0) is 12.1. The Kier molecular flexibility index (Phi) is 4.08. The molecule has 92 valence electrons. The Morgan fingerprint density at radius 2 is 2.24 bits per heavy atom. The maximum atomic E-state index is 5.42. The summed E-state index contributed by atoms with van der Waals surface area (Å²) in [4.78, 5) is 4.39. The van der Waals surface area contributed by atoms with Crippen LogP contribution < -0.4 is 5.32 Å². The normalized spacial score (nSPS) is 10.7. The van der Waals surface area contributed by atoms with Gasteiger partial charge in [-0.05, 0) is 13.3 Å². The first-order valence-corrected chi connectivity index (χ1v) is 6.63. The zero-order valence-corrected chi connectivity index (χ0v) is 10.9. The average Bonchev–Trinajstić information content (AvgIpc) is 2.89. The number of anilines is 1. The molecule has 0 atom stereocenters. The Morgan fingerprint density at radius 1 is 1.35 bits per heavy atom. The summed E-state index contributed by atoms with van der Waals surface area (Å²) in [6.07, 6.45) is 2.73. The molecule has 0 saturated carbocycles. The van der Waals surface area contributed by atoms with E-state index in [0.717, 1.165) is 36.5 Å². The predicted molar refractivity (Wildman–Crippen MR) is 67.3 cm³/mol. The maximum absolute atomic E-state index is 5.42. The van der Waals surface area contributed by atoms with Crippen LogP contribution in [0.1, 0.15) is 29.9 Å². The predicted octanol–water partition coefficient (Wildman–Crippen LogP) is 2.44. The van der Waals surface area contributed by atoms with Gasteiger partial charge in [0, 0.05) is 30.5 Å². The number of aromatic nitrogens is 3. The van der Waals surface area contributed by atoms with Crippen LogP contribution >= 0.6 is 11.3 Å². The molecule has 0 bridgehead atoms. The van der Waals surface area contributed by atoms with Crippen LogP contribution in [0.15, 0.2) is 9.80 Å². The Balaban J connectivity index is 1.77. The molecule has 0 spiro atoms. The molecule has 0 aliphatic rings. The Morgan fingerprint density at radius 3 is 2.94 bits per heavy atom. The molecular formula is C11H16N4OS. The fraction of sp³-hybridized carbons (Fsp3) is 0.545. The number of hydrogen-bond donors (Lipinski definition) is 1. The van der Waals surface area contributed by atoms with Crippen molar-refractivity contribution in [3.8, 4) is 0 Å². The summed E-state index contributed by atoms with van der Waals surface area (Å²) >= 11 is 1.68. The molecule has 2 aromatic rings. The smallest absolute Gasteiger partial charge is 0.315 e. The lowest BCUT2D eigenvalue weighted by Gasteiger charge is -1.97. The molecule has 0 saturated heterocycles. The molecule has 0 unspecified atom stereocenters. The van der Waals surface area contributed by atoms with Crippen molar-refractivity contribution in [2.75, 3.05) is 11.9 Å². The van der Waals surface area contributed by atoms with E-state index in [-0.39, 0.29) is 0 Å². The van der Waals surface area contributed by atoms with Crippen LogP contribution in [0.4, 0.5) is 6.01 Å². The summed E-state index contributed by atoms with van der Waals surface area (Å²) in [5, 5.41) is 14.2. The van der Waals surface area contributed by atoms with Crippen molar-refractivity contribution >= 4 is 17.4 Å². The largest absolute Gasteiger partial charge is 0.408 e. The first-order valence-electron chi connectivity index (χ1n) is 5.75. The Bertz CT molecular complexity index is 465. The molecule has 6 heteroatoms. The number of rotatable bonds is 6. The van der Waals surface area contributed by atoms with Gasteiger partial charge in [-0.3, -0.25) is 0 Å². The number of thiazole rings is 1. The zero-order valence-electron chi connectivity index (χ0n) is 10.1. The summed E-state index contributed by atoms with van der Waals surface area (Å²) in [7, 11) is 0. The van der Waals surface area contributed by atoms with E-state index in [1.54, 1.807) is 11.3 Å². The highest BCUT2D eigenvalue weighted by Gasteiger charge is 2.04. The second kappa shape index (κ2) is 5.77. The molecule has 2 aromatic heterocycles. The van der Waals surface area contributed by atoms with Crippen molar-refractivity contribution in [3.63, 3.8) is 0 Å². The van der Waals surface area contributed by atoms with E-state index in [0.29, 0.717) is 11.9 Å². The molecule has 17 heavy (non-hydrogen) atoms. The third kappa shape index (κ3) is 3.52. The van der Waals surface area contributed by atoms with Crippen LogP contribution in [0.5, 0.6) is 0 Å². The molecule has 2 heterocycles. The van der Waals surface area contributed by atoms with Crippen LogP contribution in [0, 0.1) is 6.92 Å². The summed E-state index contributed by atoms with van der Waals surface area (Å²) in [6.45, 7) is 4.85. The van der Waals surface area contributed by atoms with Crippen LogP contribution in [-0.4, -0.2) is 21.7 Å². The standard InChI is InChI=1S/C11H16N4OS/c1-3-4-9-14-15-11(16-9)12-6-5-10-13-8(2)7-17-10/h7H,3-6H2,1-2H3,(H,12,15). The van der Waals surface area contributed by atoms with Crippen molar-refractivity contribution in [2.24, 2.45) is 0 Å². The Hall–Kier alpha value is -1.43. The van der Waals surface area contributed by atoms with Crippen molar-refractivity contribution in [1.29, 1.82) is 0 Å².